The molecule has 3 atom stereocenters. The van der Waals surface area contributed by atoms with Crippen molar-refractivity contribution >= 4 is 40.1 Å². The van der Waals surface area contributed by atoms with E-state index in [9.17, 15) is 13.9 Å². The van der Waals surface area contributed by atoms with Crippen molar-refractivity contribution in [1.29, 1.82) is 0 Å². The number of hydrogen-bond acceptors (Lipinski definition) is 8. The summed E-state index contributed by atoms with van der Waals surface area (Å²) in [6.07, 6.45) is 2.33. The quantitative estimate of drug-likeness (QED) is 0.682. The lowest BCUT2D eigenvalue weighted by Gasteiger charge is -2.31. The molecule has 31 heavy (non-hydrogen) atoms. The molecule has 5 heterocycles. The Balaban J connectivity index is 1.50. The Morgan fingerprint density at radius 2 is 2.19 bits per heavy atom. The molecular weight excluding hydrogens is 448 g/mol. The topological polar surface area (TPSA) is 74.6 Å². The lowest BCUT2D eigenvalue weighted by molar-refractivity contribution is 0.107. The summed E-state index contributed by atoms with van der Waals surface area (Å²) in [4.78, 5) is 16.8. The molecule has 3 aliphatic rings. The molecule has 3 fully saturated rings. The summed E-state index contributed by atoms with van der Waals surface area (Å²) in [5.74, 6) is 1.16. The van der Waals surface area contributed by atoms with E-state index in [1.165, 1.54) is 6.20 Å². The maximum absolute atomic E-state index is 14.8. The molecule has 1 N–H and O–H groups in total. The number of alkyl halides is 1. The maximum atomic E-state index is 14.8. The van der Waals surface area contributed by atoms with Crippen molar-refractivity contribution in [2.45, 2.75) is 37.1 Å². The van der Waals surface area contributed by atoms with Gasteiger partial charge in [-0.05, 0) is 19.4 Å². The minimum absolute atomic E-state index is 0.0265. The molecule has 3 aliphatic heterocycles. The van der Waals surface area contributed by atoms with Crippen LogP contribution >= 0.6 is 23.4 Å². The van der Waals surface area contributed by atoms with Gasteiger partial charge in [0, 0.05) is 43.8 Å². The van der Waals surface area contributed by atoms with Crippen molar-refractivity contribution in [1.82, 2.24) is 19.9 Å². The van der Waals surface area contributed by atoms with E-state index in [4.69, 9.17) is 16.3 Å². The number of anilines is 1. The number of hydrogen-bond donors (Lipinski definition) is 1. The standard InChI is InChI=1S/C20H24ClF2N5O2S/c21-17-15(23)16-14(7-24-17)18(27-4-5-31-10-13(29)9-27)26-19(25-16)30-11-20-2-1-3-28(20)8-12(22)6-20/h7,12-13,29H,1-6,8-11H2/t12-,13?,20+/m1/s1. The second-order valence-electron chi connectivity index (χ2n) is 8.49. The predicted octanol–water partition coefficient (Wildman–Crippen LogP) is 2.69. The maximum Gasteiger partial charge on any atom is 0.319 e. The Hall–Kier alpha value is -1.49. The molecular formula is C20H24ClF2N5O2S. The number of thioether (sulfide) groups is 1. The molecule has 0 radical (unpaired) electrons. The average Bonchev–Trinajstić information content (AvgIpc) is 3.17. The SMILES string of the molecule is OC1CSCCN(c2nc(OC[C@@]34CCCN3C[C@H](F)C4)nc3c(F)c(Cl)ncc23)C1. The molecule has 168 valence electrons. The summed E-state index contributed by atoms with van der Waals surface area (Å²) in [5, 5.41) is 10.4. The van der Waals surface area contributed by atoms with Crippen LogP contribution in [0.25, 0.3) is 10.9 Å². The molecule has 0 bridgehead atoms. The van der Waals surface area contributed by atoms with Crippen LogP contribution in [0.15, 0.2) is 6.20 Å². The van der Waals surface area contributed by atoms with Crippen LogP contribution in [-0.2, 0) is 0 Å². The highest BCUT2D eigenvalue weighted by atomic mass is 35.5. The number of fused-ring (bicyclic) bond motifs is 2. The van der Waals surface area contributed by atoms with Gasteiger partial charge in [-0.1, -0.05) is 11.6 Å². The van der Waals surface area contributed by atoms with Crippen molar-refractivity contribution in [2.75, 3.05) is 49.2 Å². The second kappa shape index (κ2) is 8.46. The van der Waals surface area contributed by atoms with Crippen molar-refractivity contribution in [3.8, 4) is 6.01 Å². The van der Waals surface area contributed by atoms with E-state index in [1.54, 1.807) is 11.8 Å². The summed E-state index contributed by atoms with van der Waals surface area (Å²) in [7, 11) is 0. The number of ether oxygens (including phenoxy) is 1. The van der Waals surface area contributed by atoms with Gasteiger partial charge < -0.3 is 14.7 Å². The number of aliphatic hydroxyl groups excluding tert-OH is 1. The van der Waals surface area contributed by atoms with Gasteiger partial charge in [0.1, 0.15) is 24.1 Å². The highest BCUT2D eigenvalue weighted by Gasteiger charge is 2.49. The smallest absolute Gasteiger partial charge is 0.319 e. The molecule has 0 aromatic carbocycles. The van der Waals surface area contributed by atoms with Gasteiger partial charge in [-0.3, -0.25) is 4.90 Å². The van der Waals surface area contributed by atoms with Gasteiger partial charge in [0.2, 0.25) is 0 Å². The van der Waals surface area contributed by atoms with E-state index in [0.29, 0.717) is 43.0 Å². The van der Waals surface area contributed by atoms with Crippen LogP contribution in [0.1, 0.15) is 19.3 Å². The third-order valence-electron chi connectivity index (χ3n) is 6.38. The highest BCUT2D eigenvalue weighted by molar-refractivity contribution is 7.99. The van der Waals surface area contributed by atoms with Crippen LogP contribution in [0.3, 0.4) is 0 Å². The molecule has 11 heteroatoms. The predicted molar refractivity (Wildman–Crippen MR) is 116 cm³/mol. The molecule has 2 aromatic rings. The normalized spacial score (nSPS) is 29.4. The van der Waals surface area contributed by atoms with Gasteiger partial charge in [0.15, 0.2) is 11.0 Å². The first-order valence-electron chi connectivity index (χ1n) is 10.5. The summed E-state index contributed by atoms with van der Waals surface area (Å²) in [6, 6.07) is 0.0265. The van der Waals surface area contributed by atoms with Gasteiger partial charge in [-0.2, -0.15) is 21.7 Å². The van der Waals surface area contributed by atoms with Crippen LogP contribution in [0.2, 0.25) is 5.15 Å². The lowest BCUT2D eigenvalue weighted by atomic mass is 9.95. The third kappa shape index (κ3) is 4.03. The zero-order chi connectivity index (χ0) is 21.6. The summed E-state index contributed by atoms with van der Waals surface area (Å²) < 4.78 is 34.9. The Bertz CT molecular complexity index is 988. The second-order valence-corrected chi connectivity index (χ2v) is 10.0. The Labute approximate surface area is 188 Å². The highest BCUT2D eigenvalue weighted by Crippen LogP contribution is 2.40. The van der Waals surface area contributed by atoms with E-state index in [2.05, 4.69) is 19.9 Å². The molecule has 0 amide bonds. The summed E-state index contributed by atoms with van der Waals surface area (Å²) in [6.45, 7) is 2.53. The molecule has 2 aromatic heterocycles. The van der Waals surface area contributed by atoms with Gasteiger partial charge in [-0.15, -0.1) is 0 Å². The lowest BCUT2D eigenvalue weighted by Crippen LogP contribution is -2.43. The first kappa shape index (κ1) is 21.4. The largest absolute Gasteiger partial charge is 0.461 e. The zero-order valence-electron chi connectivity index (χ0n) is 16.9. The first-order valence-corrected chi connectivity index (χ1v) is 12.0. The minimum atomic E-state index is -0.865. The average molecular weight is 472 g/mol. The Morgan fingerprint density at radius 1 is 1.32 bits per heavy atom. The van der Waals surface area contributed by atoms with E-state index < -0.39 is 18.1 Å². The van der Waals surface area contributed by atoms with Gasteiger partial charge in [0.05, 0.1) is 17.0 Å². The van der Waals surface area contributed by atoms with Gasteiger partial charge >= 0.3 is 6.01 Å². The first-order chi connectivity index (χ1) is 14.9. The fourth-order valence-corrected chi connectivity index (χ4v) is 5.97. The molecule has 0 saturated carbocycles. The number of rotatable bonds is 4. The van der Waals surface area contributed by atoms with Crippen LogP contribution in [0.4, 0.5) is 14.6 Å². The van der Waals surface area contributed by atoms with Crippen LogP contribution in [0, 0.1) is 5.82 Å². The summed E-state index contributed by atoms with van der Waals surface area (Å²) >= 11 is 7.56. The van der Waals surface area contributed by atoms with Gasteiger partial charge in [-0.25, -0.2) is 13.8 Å². The number of aliphatic hydroxyl groups is 1. The molecule has 0 spiro atoms. The van der Waals surface area contributed by atoms with Crippen LogP contribution in [0.5, 0.6) is 6.01 Å². The van der Waals surface area contributed by atoms with Crippen LogP contribution < -0.4 is 9.64 Å². The van der Waals surface area contributed by atoms with Crippen LogP contribution in [-0.4, -0.2) is 87.1 Å². The number of nitrogens with zero attached hydrogens (tertiary/aromatic N) is 5. The molecule has 5 rings (SSSR count). The van der Waals surface area contributed by atoms with Crippen molar-refractivity contribution < 1.29 is 18.6 Å². The number of halogens is 3. The molecule has 7 nitrogen and oxygen atoms in total. The van der Waals surface area contributed by atoms with Crippen molar-refractivity contribution in [3.05, 3.63) is 17.2 Å². The fraction of sp³-hybridized carbons (Fsp3) is 0.650. The Morgan fingerprint density at radius 3 is 3.06 bits per heavy atom. The zero-order valence-corrected chi connectivity index (χ0v) is 18.5. The van der Waals surface area contributed by atoms with E-state index in [-0.39, 0.29) is 28.8 Å². The van der Waals surface area contributed by atoms with Crippen molar-refractivity contribution in [3.63, 3.8) is 0 Å². The molecule has 3 saturated heterocycles. The molecule has 0 aliphatic carbocycles. The number of aromatic nitrogens is 3. The third-order valence-corrected chi connectivity index (χ3v) is 7.73. The minimum Gasteiger partial charge on any atom is -0.461 e. The van der Waals surface area contributed by atoms with E-state index >= 15 is 0 Å². The number of pyridine rings is 1. The van der Waals surface area contributed by atoms with Gasteiger partial charge in [0.25, 0.3) is 0 Å². The fourth-order valence-electron chi connectivity index (χ4n) is 4.94. The summed E-state index contributed by atoms with van der Waals surface area (Å²) in [5.41, 5.74) is -0.330. The van der Waals surface area contributed by atoms with Crippen molar-refractivity contribution in [2.24, 2.45) is 0 Å². The Kier molecular flexibility index (Phi) is 5.83. The monoisotopic (exact) mass is 471 g/mol. The van der Waals surface area contributed by atoms with E-state index in [0.717, 1.165) is 25.1 Å². The molecule has 1 unspecified atom stereocenters. The number of β-amino-alcohol motifs (C(OH)–C–C–N with tert-alkyl or cyclic N) is 1. The van der Waals surface area contributed by atoms with E-state index in [1.807, 2.05) is 4.90 Å².